The van der Waals surface area contributed by atoms with Gasteiger partial charge in [-0.25, -0.2) is 4.57 Å². The number of carbonyl (C=O) groups is 2. The van der Waals surface area contributed by atoms with Crippen LogP contribution in [0.4, 0.5) is 0 Å². The second-order valence-electron chi connectivity index (χ2n) is 20.3. The lowest BCUT2D eigenvalue weighted by Crippen LogP contribution is -2.37. The Hall–Kier alpha value is -2.55. The quantitative estimate of drug-likeness (QED) is 0.0211. The minimum absolute atomic E-state index is 0.0282. The van der Waals surface area contributed by atoms with Crippen molar-refractivity contribution < 1.29 is 42.1 Å². The molecule has 2 atom stereocenters. The number of hydrogen-bond donors (Lipinski definition) is 1. The fourth-order valence-electron chi connectivity index (χ4n) is 7.80. The number of quaternary nitrogens is 1. The van der Waals surface area contributed by atoms with Gasteiger partial charge >= 0.3 is 19.8 Å². The molecule has 0 spiro atoms. The van der Waals surface area contributed by atoms with Gasteiger partial charge in [-0.15, -0.1) is 0 Å². The first-order valence-corrected chi connectivity index (χ1v) is 30.2. The second kappa shape index (κ2) is 51.4. The number of nitrogens with zero attached hydrogens (tertiary/aromatic N) is 1. The third kappa shape index (κ3) is 54.8. The van der Waals surface area contributed by atoms with Crippen molar-refractivity contribution in [3.05, 3.63) is 72.9 Å². The van der Waals surface area contributed by atoms with Gasteiger partial charge in [0.15, 0.2) is 6.10 Å². The first kappa shape index (κ1) is 67.5. The first-order valence-electron chi connectivity index (χ1n) is 28.7. The average Bonchev–Trinajstić information content (AvgIpc) is 3.32. The molecule has 2 unspecified atom stereocenters. The van der Waals surface area contributed by atoms with Crippen molar-refractivity contribution in [1.82, 2.24) is 0 Å². The highest BCUT2D eigenvalue weighted by Crippen LogP contribution is 2.43. The predicted octanol–water partition coefficient (Wildman–Crippen LogP) is 17.7. The molecule has 0 aromatic heterocycles. The Morgan fingerprint density at radius 3 is 1.21 bits per heavy atom. The second-order valence-corrected chi connectivity index (χ2v) is 21.7. The number of rotatable bonds is 52. The number of allylic oxidation sites excluding steroid dienone is 12. The van der Waals surface area contributed by atoms with Crippen molar-refractivity contribution in [3.8, 4) is 0 Å². The van der Waals surface area contributed by atoms with E-state index in [1.54, 1.807) is 0 Å². The molecule has 0 amide bonds. The van der Waals surface area contributed by atoms with Crippen molar-refractivity contribution in [1.29, 1.82) is 0 Å². The summed E-state index contributed by atoms with van der Waals surface area (Å²) in [5, 5.41) is 0. The first-order chi connectivity index (χ1) is 34.0. The summed E-state index contributed by atoms with van der Waals surface area (Å²) in [6.45, 7) is 4.29. The third-order valence-corrected chi connectivity index (χ3v) is 13.2. The highest BCUT2D eigenvalue weighted by atomic mass is 31.2. The normalized spacial score (nSPS) is 13.9. The molecule has 0 bridgehead atoms. The number of carbonyl (C=O) groups excluding carboxylic acids is 2. The Morgan fingerprint density at radius 1 is 0.457 bits per heavy atom. The molecular weight excluding hydrogens is 894 g/mol. The largest absolute Gasteiger partial charge is 0.472 e. The minimum Gasteiger partial charge on any atom is -0.462 e. The Morgan fingerprint density at radius 2 is 0.814 bits per heavy atom. The summed E-state index contributed by atoms with van der Waals surface area (Å²) >= 11 is 0. The maximum absolute atomic E-state index is 12.8. The lowest BCUT2D eigenvalue weighted by atomic mass is 10.0. The van der Waals surface area contributed by atoms with E-state index in [-0.39, 0.29) is 32.0 Å². The van der Waals surface area contributed by atoms with Crippen LogP contribution in [0, 0.1) is 0 Å². The zero-order chi connectivity index (χ0) is 51.3. The molecule has 0 aliphatic heterocycles. The van der Waals surface area contributed by atoms with Gasteiger partial charge in [-0.2, -0.15) is 0 Å². The number of ether oxygens (including phenoxy) is 2. The molecular formula is C60H109NO8P+. The summed E-state index contributed by atoms with van der Waals surface area (Å²) in [4.78, 5) is 35.6. The molecule has 0 aromatic carbocycles. The molecule has 0 aliphatic rings. The molecule has 0 radical (unpaired) electrons. The topological polar surface area (TPSA) is 108 Å². The predicted molar refractivity (Wildman–Crippen MR) is 298 cm³/mol. The van der Waals surface area contributed by atoms with E-state index < -0.39 is 26.5 Å². The van der Waals surface area contributed by atoms with Crippen LogP contribution in [0.2, 0.25) is 0 Å². The Labute approximate surface area is 431 Å². The van der Waals surface area contributed by atoms with Gasteiger partial charge in [0.25, 0.3) is 0 Å². The summed E-state index contributed by atoms with van der Waals surface area (Å²) in [5.41, 5.74) is 0. The third-order valence-electron chi connectivity index (χ3n) is 12.2. The molecule has 9 nitrogen and oxygen atoms in total. The van der Waals surface area contributed by atoms with E-state index in [1.807, 2.05) is 21.1 Å². The number of phosphoric acid groups is 1. The number of esters is 2. The van der Waals surface area contributed by atoms with Crippen LogP contribution in [-0.4, -0.2) is 74.9 Å². The van der Waals surface area contributed by atoms with Crippen LogP contribution < -0.4 is 0 Å². The fraction of sp³-hybridized carbons (Fsp3) is 0.767. The lowest BCUT2D eigenvalue weighted by Gasteiger charge is -2.24. The minimum atomic E-state index is -4.39. The Kier molecular flexibility index (Phi) is 49.5. The van der Waals surface area contributed by atoms with Crippen LogP contribution in [0.5, 0.6) is 0 Å². The van der Waals surface area contributed by atoms with Crippen LogP contribution in [0.1, 0.15) is 245 Å². The summed E-state index contributed by atoms with van der Waals surface area (Å²) in [5.74, 6) is -0.809. The van der Waals surface area contributed by atoms with Gasteiger partial charge in [-0.1, -0.05) is 222 Å². The number of likely N-dealkylation sites (N-methyl/N-ethyl adjacent to an activating group) is 1. The van der Waals surface area contributed by atoms with Crippen LogP contribution in [-0.2, 0) is 32.7 Å². The van der Waals surface area contributed by atoms with Gasteiger partial charge in [0.2, 0.25) is 0 Å². The monoisotopic (exact) mass is 1000 g/mol. The van der Waals surface area contributed by atoms with Crippen LogP contribution >= 0.6 is 7.82 Å². The number of unbranched alkanes of at least 4 members (excludes halogenated alkanes) is 26. The standard InChI is InChI=1S/C60H108NO8P/c1-6-8-10-12-14-16-18-20-22-23-24-25-26-27-28-29-30-31-32-33-34-35-36-37-39-41-43-45-47-49-51-53-60(63)69-58(57-68-70(64,65)67-55-54-61(3,4)5)56-66-59(62)52-50-48-46-44-42-40-38-21-19-17-15-13-11-9-7-2/h8,10,14-17,20-22,24-25,38,58H,6-7,9,11-13,18-19,23,26-37,39-57H2,1-5H3/p+1/b10-8-,16-14-,17-15-,22-20-,25-24-,38-21-. The molecule has 0 fully saturated rings. The molecule has 0 saturated heterocycles. The van der Waals surface area contributed by atoms with Crippen LogP contribution in [0.25, 0.3) is 0 Å². The van der Waals surface area contributed by atoms with E-state index in [9.17, 15) is 19.0 Å². The molecule has 0 saturated carbocycles. The van der Waals surface area contributed by atoms with Crippen molar-refractivity contribution in [3.63, 3.8) is 0 Å². The summed E-state index contributed by atoms with van der Waals surface area (Å²) in [6.07, 6.45) is 66.9. The van der Waals surface area contributed by atoms with Gasteiger partial charge in [0.1, 0.15) is 19.8 Å². The van der Waals surface area contributed by atoms with Crippen molar-refractivity contribution >= 4 is 19.8 Å². The lowest BCUT2D eigenvalue weighted by molar-refractivity contribution is -0.870. The van der Waals surface area contributed by atoms with E-state index in [1.165, 1.54) is 128 Å². The Balaban J connectivity index is 4.08. The summed E-state index contributed by atoms with van der Waals surface area (Å²) < 4.78 is 34.5. The molecule has 10 heteroatoms. The van der Waals surface area contributed by atoms with Crippen molar-refractivity contribution in [2.24, 2.45) is 0 Å². The van der Waals surface area contributed by atoms with E-state index >= 15 is 0 Å². The Bertz CT molecular complexity index is 1410. The SMILES string of the molecule is CC/C=C\C/C=C\C/C=C\C/C=C\CCCCCCCCCCCCCCCCCCCCC(=O)OC(COC(=O)CCCCCCC/C=C\C/C=C\CCCCC)COP(=O)(O)OCC[N+](C)(C)C. The molecule has 0 heterocycles. The highest BCUT2D eigenvalue weighted by molar-refractivity contribution is 7.47. The van der Waals surface area contributed by atoms with Crippen molar-refractivity contribution in [2.45, 2.75) is 251 Å². The number of hydrogen-bond acceptors (Lipinski definition) is 7. The van der Waals surface area contributed by atoms with E-state index in [2.05, 4.69) is 86.8 Å². The zero-order valence-electron chi connectivity index (χ0n) is 46.0. The molecule has 0 aliphatic carbocycles. The smallest absolute Gasteiger partial charge is 0.462 e. The maximum Gasteiger partial charge on any atom is 0.472 e. The molecule has 70 heavy (non-hydrogen) atoms. The molecule has 1 N–H and O–H groups in total. The van der Waals surface area contributed by atoms with Crippen LogP contribution in [0.3, 0.4) is 0 Å². The average molecular weight is 1000 g/mol. The van der Waals surface area contributed by atoms with Gasteiger partial charge in [-0.05, 0) is 83.5 Å². The summed E-state index contributed by atoms with van der Waals surface area (Å²) in [7, 11) is 1.47. The van der Waals surface area contributed by atoms with E-state index in [0.717, 1.165) is 83.5 Å². The van der Waals surface area contributed by atoms with E-state index in [4.69, 9.17) is 18.5 Å². The molecule has 0 aromatic rings. The number of phosphoric ester groups is 1. The maximum atomic E-state index is 12.8. The molecule has 406 valence electrons. The van der Waals surface area contributed by atoms with Gasteiger partial charge < -0.3 is 18.9 Å². The van der Waals surface area contributed by atoms with Gasteiger partial charge in [0, 0.05) is 12.8 Å². The fourth-order valence-corrected chi connectivity index (χ4v) is 8.54. The van der Waals surface area contributed by atoms with Crippen molar-refractivity contribution in [2.75, 3.05) is 47.5 Å². The van der Waals surface area contributed by atoms with E-state index in [0.29, 0.717) is 17.4 Å². The highest BCUT2D eigenvalue weighted by Gasteiger charge is 2.27. The van der Waals surface area contributed by atoms with Crippen LogP contribution in [0.15, 0.2) is 72.9 Å². The van der Waals surface area contributed by atoms with Gasteiger partial charge in [0.05, 0.1) is 27.7 Å². The summed E-state index contributed by atoms with van der Waals surface area (Å²) in [6, 6.07) is 0. The zero-order valence-corrected chi connectivity index (χ0v) is 46.9. The van der Waals surface area contributed by atoms with Gasteiger partial charge in [-0.3, -0.25) is 18.6 Å². The molecule has 0 rings (SSSR count).